The zero-order valence-corrected chi connectivity index (χ0v) is 10.4. The third-order valence-electron chi connectivity index (χ3n) is 2.71. The number of hydrogen-bond donors (Lipinski definition) is 1. The normalized spacial score (nSPS) is 12.6. The summed E-state index contributed by atoms with van der Waals surface area (Å²) >= 11 is 0. The average molecular weight is 231 g/mol. The molecule has 0 bridgehead atoms. The van der Waals surface area contributed by atoms with Crippen molar-refractivity contribution < 1.29 is 0 Å². The van der Waals surface area contributed by atoms with E-state index >= 15 is 0 Å². The number of nitrogens with one attached hydrogen (secondary N) is 1. The number of hydrogen-bond acceptors (Lipinski definition) is 4. The highest BCUT2D eigenvalue weighted by Crippen LogP contribution is 2.20. The molecule has 5 nitrogen and oxygen atoms in total. The molecule has 0 fully saturated rings. The third kappa shape index (κ3) is 2.50. The number of aromatic nitrogens is 4. The number of pyridine rings is 1. The lowest BCUT2D eigenvalue weighted by Crippen LogP contribution is -2.24. The summed E-state index contributed by atoms with van der Waals surface area (Å²) in [6.45, 7) is 4.97. The second-order valence-corrected chi connectivity index (χ2v) is 4.00. The van der Waals surface area contributed by atoms with Crippen LogP contribution >= 0.6 is 0 Å². The van der Waals surface area contributed by atoms with E-state index < -0.39 is 0 Å². The van der Waals surface area contributed by atoms with E-state index in [0.717, 1.165) is 17.9 Å². The fourth-order valence-electron chi connectivity index (χ4n) is 1.90. The average Bonchev–Trinajstić information content (AvgIpc) is 2.72. The van der Waals surface area contributed by atoms with E-state index in [1.54, 1.807) is 10.9 Å². The smallest absolute Gasteiger partial charge is 0.0798 e. The van der Waals surface area contributed by atoms with Crippen LogP contribution in [0.15, 0.2) is 24.5 Å². The van der Waals surface area contributed by atoms with Crippen molar-refractivity contribution >= 4 is 0 Å². The lowest BCUT2D eigenvalue weighted by atomic mass is 10.0. The minimum absolute atomic E-state index is 0.113. The molecule has 5 heteroatoms. The summed E-state index contributed by atoms with van der Waals surface area (Å²) in [5.74, 6) is 0. The Balaban J connectivity index is 2.39. The van der Waals surface area contributed by atoms with Gasteiger partial charge < -0.3 is 5.32 Å². The van der Waals surface area contributed by atoms with Gasteiger partial charge in [-0.05, 0) is 31.2 Å². The van der Waals surface area contributed by atoms with Crippen molar-refractivity contribution in [3.63, 3.8) is 0 Å². The van der Waals surface area contributed by atoms with Crippen LogP contribution < -0.4 is 5.32 Å². The molecular weight excluding hydrogens is 214 g/mol. The van der Waals surface area contributed by atoms with Gasteiger partial charge in [-0.25, -0.2) is 0 Å². The molecule has 0 saturated heterocycles. The van der Waals surface area contributed by atoms with E-state index in [1.807, 2.05) is 26.2 Å². The van der Waals surface area contributed by atoms with Crippen LogP contribution in [-0.4, -0.2) is 26.5 Å². The standard InChI is InChI=1S/C12H17N5/c1-4-13-12(11-8-15-16-17(11)3)10-5-6-14-9(2)7-10/h5-8,12-13H,4H2,1-3H3. The predicted molar refractivity (Wildman–Crippen MR) is 65.5 cm³/mol. The summed E-state index contributed by atoms with van der Waals surface area (Å²) in [5, 5.41) is 11.3. The topological polar surface area (TPSA) is 55.6 Å². The first kappa shape index (κ1) is 11.7. The molecule has 17 heavy (non-hydrogen) atoms. The third-order valence-corrected chi connectivity index (χ3v) is 2.71. The Labute approximate surface area is 101 Å². The van der Waals surface area contributed by atoms with Gasteiger partial charge in [0.25, 0.3) is 0 Å². The second kappa shape index (κ2) is 5.05. The van der Waals surface area contributed by atoms with Crippen LogP contribution in [0.4, 0.5) is 0 Å². The first-order chi connectivity index (χ1) is 8.22. The molecule has 0 radical (unpaired) electrons. The van der Waals surface area contributed by atoms with E-state index in [-0.39, 0.29) is 6.04 Å². The molecule has 0 aliphatic rings. The first-order valence-corrected chi connectivity index (χ1v) is 5.73. The monoisotopic (exact) mass is 231 g/mol. The number of nitrogens with zero attached hydrogens (tertiary/aromatic N) is 4. The van der Waals surface area contributed by atoms with E-state index in [4.69, 9.17) is 0 Å². The van der Waals surface area contributed by atoms with Gasteiger partial charge in [0, 0.05) is 18.9 Å². The predicted octanol–water partition coefficient (Wildman–Crippen LogP) is 1.22. The van der Waals surface area contributed by atoms with Gasteiger partial charge >= 0.3 is 0 Å². The van der Waals surface area contributed by atoms with E-state index in [1.165, 1.54) is 5.56 Å². The molecular formula is C12H17N5. The maximum atomic E-state index is 4.22. The zero-order valence-electron chi connectivity index (χ0n) is 10.4. The van der Waals surface area contributed by atoms with Gasteiger partial charge in [0.1, 0.15) is 0 Å². The van der Waals surface area contributed by atoms with Gasteiger partial charge in [-0.3, -0.25) is 9.67 Å². The van der Waals surface area contributed by atoms with Crippen LogP contribution in [0.1, 0.15) is 29.9 Å². The lowest BCUT2D eigenvalue weighted by molar-refractivity contribution is 0.567. The Kier molecular flexibility index (Phi) is 3.49. The Morgan fingerprint density at radius 1 is 1.47 bits per heavy atom. The zero-order chi connectivity index (χ0) is 12.3. The van der Waals surface area contributed by atoms with Gasteiger partial charge in [-0.15, -0.1) is 5.10 Å². The van der Waals surface area contributed by atoms with Crippen molar-refractivity contribution in [2.75, 3.05) is 6.54 Å². The van der Waals surface area contributed by atoms with Crippen molar-refractivity contribution in [2.24, 2.45) is 7.05 Å². The van der Waals surface area contributed by atoms with Crippen LogP contribution in [-0.2, 0) is 7.05 Å². The van der Waals surface area contributed by atoms with E-state index in [0.29, 0.717) is 0 Å². The molecule has 0 saturated carbocycles. The highest BCUT2D eigenvalue weighted by Gasteiger charge is 2.16. The molecule has 2 heterocycles. The number of rotatable bonds is 4. The van der Waals surface area contributed by atoms with Gasteiger partial charge in [0.2, 0.25) is 0 Å². The minimum atomic E-state index is 0.113. The Bertz CT molecular complexity index is 491. The molecule has 0 aliphatic heterocycles. The Morgan fingerprint density at radius 2 is 2.29 bits per heavy atom. The molecule has 1 unspecified atom stereocenters. The summed E-state index contributed by atoms with van der Waals surface area (Å²) < 4.78 is 1.79. The Morgan fingerprint density at radius 3 is 2.88 bits per heavy atom. The van der Waals surface area contributed by atoms with Crippen LogP contribution in [0.25, 0.3) is 0 Å². The maximum Gasteiger partial charge on any atom is 0.0798 e. The SMILES string of the molecule is CCNC(c1ccnc(C)c1)c1cnnn1C. The fraction of sp³-hybridized carbons (Fsp3) is 0.417. The summed E-state index contributed by atoms with van der Waals surface area (Å²) in [4.78, 5) is 4.22. The summed E-state index contributed by atoms with van der Waals surface area (Å²) in [6, 6.07) is 4.22. The quantitative estimate of drug-likeness (QED) is 0.859. The fourth-order valence-corrected chi connectivity index (χ4v) is 1.90. The van der Waals surface area contributed by atoms with E-state index in [9.17, 15) is 0 Å². The van der Waals surface area contributed by atoms with Gasteiger partial charge in [0.05, 0.1) is 17.9 Å². The van der Waals surface area contributed by atoms with Crippen LogP contribution in [0.5, 0.6) is 0 Å². The molecule has 2 aromatic heterocycles. The molecule has 1 atom stereocenters. The molecule has 0 spiro atoms. The maximum absolute atomic E-state index is 4.22. The highest BCUT2D eigenvalue weighted by molar-refractivity contribution is 5.26. The van der Waals surface area contributed by atoms with Crippen LogP contribution in [0.3, 0.4) is 0 Å². The number of aryl methyl sites for hydroxylation is 2. The Hall–Kier alpha value is -1.75. The molecule has 1 N–H and O–H groups in total. The van der Waals surface area contributed by atoms with Crippen molar-refractivity contribution in [3.8, 4) is 0 Å². The molecule has 2 rings (SSSR count). The molecule has 0 aliphatic carbocycles. The van der Waals surface area contributed by atoms with Crippen LogP contribution in [0.2, 0.25) is 0 Å². The minimum Gasteiger partial charge on any atom is -0.305 e. The first-order valence-electron chi connectivity index (χ1n) is 5.73. The summed E-state index contributed by atoms with van der Waals surface area (Å²) in [7, 11) is 1.90. The van der Waals surface area contributed by atoms with E-state index in [2.05, 4.69) is 33.6 Å². The van der Waals surface area contributed by atoms with Crippen molar-refractivity contribution in [3.05, 3.63) is 41.5 Å². The van der Waals surface area contributed by atoms with Gasteiger partial charge in [-0.1, -0.05) is 12.1 Å². The highest BCUT2D eigenvalue weighted by atomic mass is 15.4. The second-order valence-electron chi connectivity index (χ2n) is 4.00. The van der Waals surface area contributed by atoms with Crippen molar-refractivity contribution in [1.82, 2.24) is 25.3 Å². The molecule has 0 aromatic carbocycles. The van der Waals surface area contributed by atoms with Gasteiger partial charge in [-0.2, -0.15) is 0 Å². The van der Waals surface area contributed by atoms with Crippen molar-refractivity contribution in [1.29, 1.82) is 0 Å². The van der Waals surface area contributed by atoms with Crippen LogP contribution in [0, 0.1) is 6.92 Å². The lowest BCUT2D eigenvalue weighted by Gasteiger charge is -2.18. The molecule has 2 aromatic rings. The van der Waals surface area contributed by atoms with Crippen molar-refractivity contribution in [2.45, 2.75) is 19.9 Å². The summed E-state index contributed by atoms with van der Waals surface area (Å²) in [5.41, 5.74) is 3.25. The van der Waals surface area contributed by atoms with Gasteiger partial charge in [0.15, 0.2) is 0 Å². The summed E-state index contributed by atoms with van der Waals surface area (Å²) in [6.07, 6.45) is 3.63. The molecule has 90 valence electrons. The molecule has 0 amide bonds. The largest absolute Gasteiger partial charge is 0.305 e.